The molecular weight excluding hydrogens is 411 g/mol. The van der Waals surface area contributed by atoms with Crippen molar-refractivity contribution in [3.8, 4) is 0 Å². The molecule has 2 aromatic carbocycles. The number of hydrogen-bond acceptors (Lipinski definition) is 4. The third kappa shape index (κ3) is 7.40. The molecule has 0 bridgehead atoms. The standard InChI is InChI=1S/C18H20ClFN2O3S2/c1-27(24,25)22(16-5-2-4-15(20)12-16)13-18(23)21-10-3-11-26-17-8-6-14(19)7-9-17/h2,4-9,12H,3,10-11,13H2,1H3,(H,21,23). The number of benzene rings is 2. The highest BCUT2D eigenvalue weighted by Gasteiger charge is 2.21. The van der Waals surface area contributed by atoms with E-state index in [0.717, 1.165) is 33.7 Å². The van der Waals surface area contributed by atoms with Crippen LogP contribution in [0.3, 0.4) is 0 Å². The molecule has 146 valence electrons. The van der Waals surface area contributed by atoms with Crippen LogP contribution in [0.4, 0.5) is 10.1 Å². The third-order valence-corrected chi connectivity index (χ3v) is 6.00. The monoisotopic (exact) mass is 430 g/mol. The second kappa shape index (κ2) is 9.96. The zero-order valence-corrected chi connectivity index (χ0v) is 17.1. The van der Waals surface area contributed by atoms with Gasteiger partial charge in [0.25, 0.3) is 0 Å². The molecule has 0 aliphatic carbocycles. The Bertz CT molecular complexity index is 876. The minimum atomic E-state index is -3.71. The van der Waals surface area contributed by atoms with E-state index in [0.29, 0.717) is 11.6 Å². The Hall–Kier alpha value is -1.77. The second-order valence-corrected chi connectivity index (χ2v) is 9.27. The van der Waals surface area contributed by atoms with Gasteiger partial charge in [-0.3, -0.25) is 9.10 Å². The summed E-state index contributed by atoms with van der Waals surface area (Å²) in [7, 11) is -3.71. The van der Waals surface area contributed by atoms with Gasteiger partial charge in [-0.1, -0.05) is 17.7 Å². The molecule has 27 heavy (non-hydrogen) atoms. The van der Waals surface area contributed by atoms with E-state index in [1.54, 1.807) is 11.8 Å². The van der Waals surface area contributed by atoms with Crippen LogP contribution in [0.25, 0.3) is 0 Å². The number of halogens is 2. The zero-order valence-electron chi connectivity index (χ0n) is 14.7. The van der Waals surface area contributed by atoms with Gasteiger partial charge in [-0.05, 0) is 54.6 Å². The van der Waals surface area contributed by atoms with Crippen molar-refractivity contribution in [2.75, 3.05) is 29.4 Å². The molecule has 0 aromatic heterocycles. The Morgan fingerprint density at radius 2 is 1.93 bits per heavy atom. The molecule has 2 rings (SSSR count). The highest BCUT2D eigenvalue weighted by Crippen LogP contribution is 2.21. The van der Waals surface area contributed by atoms with E-state index in [9.17, 15) is 17.6 Å². The highest BCUT2D eigenvalue weighted by molar-refractivity contribution is 7.99. The number of sulfonamides is 1. The fraction of sp³-hybridized carbons (Fsp3) is 0.278. The number of carbonyl (C=O) groups is 1. The molecule has 0 unspecified atom stereocenters. The van der Waals surface area contributed by atoms with Crippen molar-refractivity contribution >= 4 is 45.0 Å². The van der Waals surface area contributed by atoms with Gasteiger partial charge in [0, 0.05) is 16.5 Å². The predicted molar refractivity (Wildman–Crippen MR) is 108 cm³/mol. The molecule has 5 nitrogen and oxygen atoms in total. The molecule has 0 heterocycles. The lowest BCUT2D eigenvalue weighted by atomic mass is 10.3. The zero-order chi connectivity index (χ0) is 19.9. The van der Waals surface area contributed by atoms with Crippen molar-refractivity contribution in [2.45, 2.75) is 11.3 Å². The summed E-state index contributed by atoms with van der Waals surface area (Å²) < 4.78 is 38.1. The van der Waals surface area contributed by atoms with Crippen LogP contribution in [-0.4, -0.2) is 39.4 Å². The van der Waals surface area contributed by atoms with Crippen molar-refractivity contribution in [3.63, 3.8) is 0 Å². The summed E-state index contributed by atoms with van der Waals surface area (Å²) in [5, 5.41) is 3.37. The van der Waals surface area contributed by atoms with E-state index in [1.807, 2.05) is 24.3 Å². The molecule has 1 N–H and O–H groups in total. The predicted octanol–water partition coefficient (Wildman–Crippen LogP) is 3.54. The van der Waals surface area contributed by atoms with E-state index in [4.69, 9.17) is 11.6 Å². The van der Waals surface area contributed by atoms with Gasteiger partial charge in [-0.25, -0.2) is 12.8 Å². The van der Waals surface area contributed by atoms with Crippen molar-refractivity contribution in [1.82, 2.24) is 5.32 Å². The Morgan fingerprint density at radius 3 is 2.56 bits per heavy atom. The Kier molecular flexibility index (Phi) is 7.94. The molecule has 0 atom stereocenters. The lowest BCUT2D eigenvalue weighted by molar-refractivity contribution is -0.119. The molecule has 2 aromatic rings. The number of rotatable bonds is 9. The van der Waals surface area contributed by atoms with E-state index in [-0.39, 0.29) is 5.69 Å². The number of nitrogens with zero attached hydrogens (tertiary/aromatic N) is 1. The second-order valence-electron chi connectivity index (χ2n) is 5.76. The van der Waals surface area contributed by atoms with Crippen molar-refractivity contribution < 1.29 is 17.6 Å². The summed E-state index contributed by atoms with van der Waals surface area (Å²) in [6.07, 6.45) is 1.70. The smallest absolute Gasteiger partial charge is 0.240 e. The van der Waals surface area contributed by atoms with Gasteiger partial charge in [0.05, 0.1) is 11.9 Å². The molecule has 9 heteroatoms. The molecule has 1 amide bonds. The summed E-state index contributed by atoms with van der Waals surface area (Å²) in [5.74, 6) is -0.219. The van der Waals surface area contributed by atoms with Gasteiger partial charge in [-0.15, -0.1) is 11.8 Å². The van der Waals surface area contributed by atoms with Gasteiger partial charge in [0.2, 0.25) is 15.9 Å². The number of hydrogen-bond donors (Lipinski definition) is 1. The average Bonchev–Trinajstić information content (AvgIpc) is 2.60. The quantitative estimate of drug-likeness (QED) is 0.488. The first-order valence-electron chi connectivity index (χ1n) is 8.14. The minimum Gasteiger partial charge on any atom is -0.354 e. The molecule has 0 saturated heterocycles. The average molecular weight is 431 g/mol. The molecule has 0 saturated carbocycles. The Morgan fingerprint density at radius 1 is 1.22 bits per heavy atom. The number of thioether (sulfide) groups is 1. The van der Waals surface area contributed by atoms with E-state index in [1.165, 1.54) is 18.2 Å². The fourth-order valence-electron chi connectivity index (χ4n) is 2.24. The van der Waals surface area contributed by atoms with E-state index in [2.05, 4.69) is 5.32 Å². The van der Waals surface area contributed by atoms with Crippen LogP contribution in [-0.2, 0) is 14.8 Å². The summed E-state index contributed by atoms with van der Waals surface area (Å²) >= 11 is 7.47. The van der Waals surface area contributed by atoms with Crippen molar-refractivity contribution in [2.24, 2.45) is 0 Å². The van der Waals surface area contributed by atoms with Gasteiger partial charge >= 0.3 is 0 Å². The molecule has 0 radical (unpaired) electrons. The van der Waals surface area contributed by atoms with E-state index < -0.39 is 28.3 Å². The summed E-state index contributed by atoms with van der Waals surface area (Å²) in [6, 6.07) is 12.6. The number of nitrogens with one attached hydrogen (secondary N) is 1. The maximum Gasteiger partial charge on any atom is 0.240 e. The fourth-order valence-corrected chi connectivity index (χ4v) is 4.07. The van der Waals surface area contributed by atoms with Crippen LogP contribution < -0.4 is 9.62 Å². The minimum absolute atomic E-state index is 0.117. The topological polar surface area (TPSA) is 66.5 Å². The maximum atomic E-state index is 13.4. The first-order valence-corrected chi connectivity index (χ1v) is 11.4. The number of amides is 1. The first kappa shape index (κ1) is 21.5. The van der Waals surface area contributed by atoms with Crippen LogP contribution in [0, 0.1) is 5.82 Å². The van der Waals surface area contributed by atoms with Gasteiger partial charge in [0.15, 0.2) is 0 Å². The molecule has 0 aliphatic heterocycles. The largest absolute Gasteiger partial charge is 0.354 e. The van der Waals surface area contributed by atoms with Gasteiger partial charge in [0.1, 0.15) is 12.4 Å². The van der Waals surface area contributed by atoms with Crippen LogP contribution in [0.15, 0.2) is 53.4 Å². The summed E-state index contributed by atoms with van der Waals surface area (Å²) in [5.41, 5.74) is 0.117. The lowest BCUT2D eigenvalue weighted by Gasteiger charge is -2.21. The van der Waals surface area contributed by atoms with Crippen LogP contribution in [0.5, 0.6) is 0 Å². The van der Waals surface area contributed by atoms with Crippen LogP contribution in [0.2, 0.25) is 5.02 Å². The van der Waals surface area contributed by atoms with Crippen molar-refractivity contribution in [1.29, 1.82) is 0 Å². The Balaban J connectivity index is 1.81. The van der Waals surface area contributed by atoms with Gasteiger partial charge < -0.3 is 5.32 Å². The summed E-state index contributed by atoms with van der Waals surface area (Å²) in [4.78, 5) is 13.2. The molecule has 0 fully saturated rings. The van der Waals surface area contributed by atoms with Gasteiger partial charge in [-0.2, -0.15) is 0 Å². The van der Waals surface area contributed by atoms with Crippen molar-refractivity contribution in [3.05, 3.63) is 59.4 Å². The SMILES string of the molecule is CS(=O)(=O)N(CC(=O)NCCCSc1ccc(Cl)cc1)c1cccc(F)c1. The van der Waals surface area contributed by atoms with Crippen LogP contribution in [0.1, 0.15) is 6.42 Å². The maximum absolute atomic E-state index is 13.4. The Labute approximate surface area is 168 Å². The summed E-state index contributed by atoms with van der Waals surface area (Å²) in [6.45, 7) is 0.0206. The van der Waals surface area contributed by atoms with Crippen LogP contribution >= 0.6 is 23.4 Å². The number of carbonyl (C=O) groups excluding carboxylic acids is 1. The molecule has 0 aliphatic rings. The van der Waals surface area contributed by atoms with E-state index >= 15 is 0 Å². The molecular formula is C18H20ClFN2O3S2. The first-order chi connectivity index (χ1) is 12.8. The third-order valence-electron chi connectivity index (χ3n) is 3.51. The lowest BCUT2D eigenvalue weighted by Crippen LogP contribution is -2.40. The molecule has 0 spiro atoms. The highest BCUT2D eigenvalue weighted by atomic mass is 35.5. The number of anilines is 1. The normalized spacial score (nSPS) is 11.2.